The number of hydrazine groups is 1. The van der Waals surface area contributed by atoms with Crippen molar-refractivity contribution in [3.05, 3.63) is 55.8 Å². The third-order valence-corrected chi connectivity index (χ3v) is 5.77. The summed E-state index contributed by atoms with van der Waals surface area (Å²) in [5.74, 6) is -0.776. The number of carbonyl (C=O) groups is 2. The smallest absolute Gasteiger partial charge is 0.266 e. The first kappa shape index (κ1) is 16.7. The number of halogens is 1. The van der Waals surface area contributed by atoms with Gasteiger partial charge in [0.2, 0.25) is 0 Å². The van der Waals surface area contributed by atoms with Crippen LogP contribution in [0.25, 0.3) is 10.7 Å². The molecule has 0 atom stereocenters. The lowest BCUT2D eigenvalue weighted by molar-refractivity contribution is 0.0850. The van der Waals surface area contributed by atoms with Crippen molar-refractivity contribution in [1.29, 1.82) is 0 Å². The summed E-state index contributed by atoms with van der Waals surface area (Å²) in [5, 5.41) is 0.659. The summed E-state index contributed by atoms with van der Waals surface area (Å²) < 4.78 is 0.845. The van der Waals surface area contributed by atoms with E-state index in [4.69, 9.17) is 0 Å². The number of amides is 2. The number of pyridine rings is 1. The van der Waals surface area contributed by atoms with Gasteiger partial charge >= 0.3 is 0 Å². The molecule has 0 radical (unpaired) electrons. The van der Waals surface area contributed by atoms with Gasteiger partial charge < -0.3 is 0 Å². The van der Waals surface area contributed by atoms with Gasteiger partial charge in [-0.15, -0.1) is 22.7 Å². The Bertz CT molecular complexity index is 892. The fraction of sp³-hybridized carbons (Fsp3) is 0.0667. The number of carbonyl (C=O) groups excluding carboxylic acids is 2. The van der Waals surface area contributed by atoms with Gasteiger partial charge in [0.25, 0.3) is 11.8 Å². The highest BCUT2D eigenvalue weighted by atomic mass is 79.9. The number of thiazole rings is 1. The summed E-state index contributed by atoms with van der Waals surface area (Å²) in [7, 11) is 0. The molecule has 0 aliphatic heterocycles. The average Bonchev–Trinajstić information content (AvgIpc) is 3.19. The van der Waals surface area contributed by atoms with Crippen LogP contribution in [0.3, 0.4) is 0 Å². The minimum Gasteiger partial charge on any atom is -0.266 e. The summed E-state index contributed by atoms with van der Waals surface area (Å²) >= 11 is 5.80. The van der Waals surface area contributed by atoms with Crippen molar-refractivity contribution in [2.75, 3.05) is 0 Å². The van der Waals surface area contributed by atoms with Crippen LogP contribution < -0.4 is 10.9 Å². The maximum absolute atomic E-state index is 12.3. The van der Waals surface area contributed by atoms with E-state index in [-0.39, 0.29) is 5.91 Å². The second kappa shape index (κ2) is 7.20. The molecule has 2 amide bonds. The highest BCUT2D eigenvalue weighted by Crippen LogP contribution is 2.26. The Balaban J connectivity index is 1.69. The lowest BCUT2D eigenvalue weighted by atomic mass is 10.3. The Kier molecular flexibility index (Phi) is 5.03. The normalized spacial score (nSPS) is 10.4. The lowest BCUT2D eigenvalue weighted by Gasteiger charge is -2.04. The number of hydrogen-bond donors (Lipinski definition) is 2. The van der Waals surface area contributed by atoms with E-state index < -0.39 is 5.91 Å². The Morgan fingerprint density at radius 3 is 2.54 bits per heavy atom. The number of nitrogens with zero attached hydrogens (tertiary/aromatic N) is 2. The molecule has 122 valence electrons. The van der Waals surface area contributed by atoms with E-state index in [0.29, 0.717) is 26.1 Å². The van der Waals surface area contributed by atoms with Crippen LogP contribution in [0, 0.1) is 6.92 Å². The largest absolute Gasteiger partial charge is 0.281 e. The van der Waals surface area contributed by atoms with Crippen LogP contribution in [-0.2, 0) is 0 Å². The van der Waals surface area contributed by atoms with Crippen molar-refractivity contribution in [2.24, 2.45) is 0 Å². The summed E-state index contributed by atoms with van der Waals surface area (Å²) in [6, 6.07) is 8.95. The molecule has 0 unspecified atom stereocenters. The van der Waals surface area contributed by atoms with Crippen molar-refractivity contribution >= 4 is 50.4 Å². The van der Waals surface area contributed by atoms with Gasteiger partial charge in [-0.25, -0.2) is 4.98 Å². The molecule has 0 bridgehead atoms. The van der Waals surface area contributed by atoms with E-state index in [1.54, 1.807) is 25.3 Å². The summed E-state index contributed by atoms with van der Waals surface area (Å²) in [5.41, 5.74) is 6.11. The van der Waals surface area contributed by atoms with E-state index in [1.807, 2.05) is 18.2 Å². The molecule has 9 heteroatoms. The number of nitrogens with one attached hydrogen (secondary N) is 2. The molecule has 3 heterocycles. The zero-order valence-electron chi connectivity index (χ0n) is 12.4. The first-order valence-electron chi connectivity index (χ1n) is 6.79. The lowest BCUT2D eigenvalue weighted by Crippen LogP contribution is -2.41. The maximum atomic E-state index is 12.3. The van der Waals surface area contributed by atoms with E-state index in [1.165, 1.54) is 22.7 Å². The van der Waals surface area contributed by atoms with Crippen LogP contribution >= 0.6 is 38.6 Å². The molecular weight excluding hydrogens is 412 g/mol. The van der Waals surface area contributed by atoms with Crippen LogP contribution in [0.15, 0.2) is 40.3 Å². The van der Waals surface area contributed by atoms with Crippen molar-refractivity contribution in [3.8, 4) is 10.7 Å². The first-order valence-corrected chi connectivity index (χ1v) is 9.22. The summed E-state index contributed by atoms with van der Waals surface area (Å²) in [6.45, 7) is 1.75. The van der Waals surface area contributed by atoms with Crippen LogP contribution in [0.2, 0.25) is 0 Å². The van der Waals surface area contributed by atoms with Gasteiger partial charge in [0.15, 0.2) is 0 Å². The molecule has 6 nitrogen and oxygen atoms in total. The third-order valence-electron chi connectivity index (χ3n) is 2.97. The fourth-order valence-corrected chi connectivity index (χ4v) is 4.09. The maximum Gasteiger partial charge on any atom is 0.281 e. The van der Waals surface area contributed by atoms with Crippen LogP contribution in [0.4, 0.5) is 0 Å². The van der Waals surface area contributed by atoms with Crippen LogP contribution in [0.5, 0.6) is 0 Å². The third kappa shape index (κ3) is 3.69. The molecule has 0 saturated heterocycles. The molecule has 0 aliphatic rings. The first-order chi connectivity index (χ1) is 11.5. The zero-order valence-corrected chi connectivity index (χ0v) is 15.6. The predicted molar refractivity (Wildman–Crippen MR) is 97.0 cm³/mol. The van der Waals surface area contributed by atoms with Crippen molar-refractivity contribution < 1.29 is 9.59 Å². The van der Waals surface area contributed by atoms with Gasteiger partial charge in [0.1, 0.15) is 9.88 Å². The molecule has 2 N–H and O–H groups in total. The number of aromatic nitrogens is 2. The Morgan fingerprint density at radius 2 is 1.88 bits per heavy atom. The summed E-state index contributed by atoms with van der Waals surface area (Å²) in [4.78, 5) is 33.7. The van der Waals surface area contributed by atoms with Gasteiger partial charge in [0.05, 0.1) is 20.1 Å². The monoisotopic (exact) mass is 422 g/mol. The van der Waals surface area contributed by atoms with E-state index in [2.05, 4.69) is 36.7 Å². The molecule has 0 fully saturated rings. The molecular formula is C15H11BrN4O2S2. The molecule has 0 saturated carbocycles. The number of aryl methyl sites for hydroxylation is 1. The fourth-order valence-electron chi connectivity index (χ4n) is 1.87. The van der Waals surface area contributed by atoms with Crippen LogP contribution in [0.1, 0.15) is 25.0 Å². The van der Waals surface area contributed by atoms with Crippen LogP contribution in [-0.4, -0.2) is 21.8 Å². The standard InChI is InChI=1S/C15H11BrN4O2S2/c1-8-12(24-15(18-8)9-4-2-3-7-17-9)14(22)20-19-13(21)10-5-6-11(16)23-10/h2-7H,1H3,(H,19,21)(H,20,22). The second-order valence-corrected chi connectivity index (χ2v) is 8.12. The Hall–Kier alpha value is -2.10. The van der Waals surface area contributed by atoms with Gasteiger partial charge in [-0.3, -0.25) is 25.4 Å². The van der Waals surface area contributed by atoms with Gasteiger partial charge in [-0.1, -0.05) is 6.07 Å². The Labute approximate surface area is 154 Å². The van der Waals surface area contributed by atoms with Crippen molar-refractivity contribution in [1.82, 2.24) is 20.8 Å². The molecule has 0 aromatic carbocycles. The van der Waals surface area contributed by atoms with Gasteiger partial charge in [0, 0.05) is 6.20 Å². The van der Waals surface area contributed by atoms with Gasteiger partial charge in [-0.2, -0.15) is 0 Å². The van der Waals surface area contributed by atoms with Gasteiger partial charge in [-0.05, 0) is 47.1 Å². The van der Waals surface area contributed by atoms with Crippen molar-refractivity contribution in [3.63, 3.8) is 0 Å². The van der Waals surface area contributed by atoms with E-state index in [9.17, 15) is 9.59 Å². The quantitative estimate of drug-likeness (QED) is 0.633. The molecule has 0 aliphatic carbocycles. The van der Waals surface area contributed by atoms with E-state index >= 15 is 0 Å². The molecule has 3 aromatic heterocycles. The zero-order chi connectivity index (χ0) is 17.1. The predicted octanol–water partition coefficient (Wildman–Crippen LogP) is 3.41. The Morgan fingerprint density at radius 1 is 1.08 bits per heavy atom. The summed E-state index contributed by atoms with van der Waals surface area (Å²) in [6.07, 6.45) is 1.67. The number of thiophene rings is 1. The number of hydrogen-bond acceptors (Lipinski definition) is 6. The average molecular weight is 423 g/mol. The van der Waals surface area contributed by atoms with Crippen molar-refractivity contribution in [2.45, 2.75) is 6.92 Å². The molecule has 24 heavy (non-hydrogen) atoms. The topological polar surface area (TPSA) is 84.0 Å². The molecule has 3 aromatic rings. The second-order valence-electron chi connectivity index (χ2n) is 4.66. The minimum atomic E-state index is -0.406. The van der Waals surface area contributed by atoms with E-state index in [0.717, 1.165) is 3.79 Å². The highest BCUT2D eigenvalue weighted by molar-refractivity contribution is 9.11. The SMILES string of the molecule is Cc1nc(-c2ccccn2)sc1C(=O)NNC(=O)c1ccc(Br)s1. The highest BCUT2D eigenvalue weighted by Gasteiger charge is 2.18. The number of rotatable bonds is 3. The molecule has 3 rings (SSSR count). The molecule has 0 spiro atoms. The minimum absolute atomic E-state index is 0.369.